The molecule has 1 N–H and O–H groups in total. The number of aromatic nitrogens is 4. The monoisotopic (exact) mass is 361 g/mol. The Morgan fingerprint density at radius 3 is 2.80 bits per heavy atom. The van der Waals surface area contributed by atoms with Crippen molar-refractivity contribution in [2.45, 2.75) is 13.0 Å². The third kappa shape index (κ3) is 3.58. The van der Waals surface area contributed by atoms with Gasteiger partial charge in [0.25, 0.3) is 5.56 Å². The van der Waals surface area contributed by atoms with Gasteiger partial charge < -0.3 is 5.32 Å². The number of carbonyl (C=O) groups is 1. The maximum Gasteiger partial charge on any atom is 0.267 e. The smallest absolute Gasteiger partial charge is 0.267 e. The summed E-state index contributed by atoms with van der Waals surface area (Å²) in [7, 11) is 0. The van der Waals surface area contributed by atoms with E-state index in [4.69, 9.17) is 11.6 Å². The van der Waals surface area contributed by atoms with Crippen molar-refractivity contribution in [3.8, 4) is 5.82 Å². The molecular weight excluding hydrogens is 349 g/mol. The van der Waals surface area contributed by atoms with E-state index >= 15 is 0 Å². The van der Waals surface area contributed by atoms with Gasteiger partial charge in [0.05, 0.1) is 5.02 Å². The molecule has 9 heteroatoms. The molecule has 128 valence electrons. The summed E-state index contributed by atoms with van der Waals surface area (Å²) in [6.07, 6.45) is 3.24. The summed E-state index contributed by atoms with van der Waals surface area (Å²) < 4.78 is 15.7. The Bertz CT molecular complexity index is 971. The average molecular weight is 362 g/mol. The molecule has 0 saturated carbocycles. The molecule has 0 bridgehead atoms. The first-order valence-electron chi connectivity index (χ1n) is 7.31. The first kappa shape index (κ1) is 16.8. The van der Waals surface area contributed by atoms with Crippen LogP contribution in [0.25, 0.3) is 5.82 Å². The molecule has 0 fully saturated rings. The van der Waals surface area contributed by atoms with Crippen LogP contribution in [0.4, 0.5) is 10.1 Å². The van der Waals surface area contributed by atoms with E-state index in [-0.39, 0.29) is 5.02 Å². The maximum absolute atomic E-state index is 13.2. The number of carbonyl (C=O) groups excluding carboxylic acids is 1. The molecule has 2 aromatic heterocycles. The summed E-state index contributed by atoms with van der Waals surface area (Å²) in [5.41, 5.74) is -0.116. The van der Waals surface area contributed by atoms with E-state index < -0.39 is 23.3 Å². The Hall–Kier alpha value is -3.00. The molecule has 0 saturated heterocycles. The van der Waals surface area contributed by atoms with Crippen LogP contribution in [-0.2, 0) is 4.79 Å². The Kier molecular flexibility index (Phi) is 4.62. The molecular formula is C16H13ClFN5O2. The van der Waals surface area contributed by atoms with E-state index in [9.17, 15) is 14.0 Å². The lowest BCUT2D eigenvalue weighted by molar-refractivity contribution is -0.119. The number of amides is 1. The van der Waals surface area contributed by atoms with Crippen LogP contribution in [0.1, 0.15) is 13.0 Å². The number of anilines is 1. The number of benzene rings is 1. The fourth-order valence-corrected chi connectivity index (χ4v) is 2.33. The minimum Gasteiger partial charge on any atom is -0.324 e. The van der Waals surface area contributed by atoms with Gasteiger partial charge in [0.2, 0.25) is 5.91 Å². The number of hydrogen-bond acceptors (Lipinski definition) is 4. The number of rotatable bonds is 4. The lowest BCUT2D eigenvalue weighted by Gasteiger charge is -2.15. The fourth-order valence-electron chi connectivity index (χ4n) is 2.15. The van der Waals surface area contributed by atoms with Crippen LogP contribution in [0.2, 0.25) is 5.02 Å². The molecule has 3 rings (SSSR count). The molecule has 0 aliphatic rings. The molecule has 0 aliphatic carbocycles. The van der Waals surface area contributed by atoms with Crippen LogP contribution < -0.4 is 10.9 Å². The van der Waals surface area contributed by atoms with Gasteiger partial charge in [-0.1, -0.05) is 11.6 Å². The Labute approximate surface area is 146 Å². The van der Waals surface area contributed by atoms with Crippen molar-refractivity contribution in [2.75, 3.05) is 5.32 Å². The molecule has 1 atom stereocenters. The van der Waals surface area contributed by atoms with E-state index in [1.165, 1.54) is 35.9 Å². The molecule has 2 heterocycles. The van der Waals surface area contributed by atoms with Crippen molar-refractivity contribution < 1.29 is 9.18 Å². The highest BCUT2D eigenvalue weighted by Gasteiger charge is 2.18. The van der Waals surface area contributed by atoms with E-state index in [1.807, 2.05) is 0 Å². The molecule has 1 unspecified atom stereocenters. The fraction of sp³-hybridized carbons (Fsp3) is 0.125. The van der Waals surface area contributed by atoms with E-state index in [1.54, 1.807) is 18.5 Å². The third-order valence-corrected chi connectivity index (χ3v) is 3.77. The van der Waals surface area contributed by atoms with Crippen molar-refractivity contribution in [1.82, 2.24) is 19.6 Å². The lowest BCUT2D eigenvalue weighted by Crippen LogP contribution is -2.33. The minimum absolute atomic E-state index is 0.110. The van der Waals surface area contributed by atoms with Crippen LogP contribution in [0.5, 0.6) is 0 Å². The average Bonchev–Trinajstić information content (AvgIpc) is 3.12. The van der Waals surface area contributed by atoms with Crippen LogP contribution in [0, 0.1) is 5.82 Å². The molecule has 0 aliphatic heterocycles. The largest absolute Gasteiger partial charge is 0.324 e. The van der Waals surface area contributed by atoms with E-state index in [0.717, 1.165) is 10.7 Å². The number of nitrogens with zero attached hydrogens (tertiary/aromatic N) is 4. The highest BCUT2D eigenvalue weighted by molar-refractivity contribution is 6.31. The van der Waals surface area contributed by atoms with Gasteiger partial charge in [-0.05, 0) is 37.3 Å². The van der Waals surface area contributed by atoms with Crippen LogP contribution >= 0.6 is 11.6 Å². The lowest BCUT2D eigenvalue weighted by atomic mass is 10.2. The summed E-state index contributed by atoms with van der Waals surface area (Å²) in [5.74, 6) is -0.679. The second-order valence-corrected chi connectivity index (χ2v) is 5.63. The van der Waals surface area contributed by atoms with Crippen LogP contribution in [0.15, 0.2) is 53.6 Å². The Morgan fingerprint density at radius 1 is 1.32 bits per heavy atom. The van der Waals surface area contributed by atoms with Gasteiger partial charge in [0, 0.05) is 24.1 Å². The summed E-state index contributed by atoms with van der Waals surface area (Å²) in [6, 6.07) is 7.45. The van der Waals surface area contributed by atoms with Crippen molar-refractivity contribution >= 4 is 23.2 Å². The van der Waals surface area contributed by atoms with Gasteiger partial charge in [0.15, 0.2) is 5.82 Å². The van der Waals surface area contributed by atoms with Gasteiger partial charge in [-0.25, -0.2) is 13.8 Å². The first-order valence-corrected chi connectivity index (χ1v) is 7.69. The molecule has 0 radical (unpaired) electrons. The highest BCUT2D eigenvalue weighted by Crippen LogP contribution is 2.20. The van der Waals surface area contributed by atoms with Gasteiger partial charge in [-0.15, -0.1) is 5.10 Å². The third-order valence-electron chi connectivity index (χ3n) is 3.48. The quantitative estimate of drug-likeness (QED) is 0.773. The molecule has 7 nitrogen and oxygen atoms in total. The summed E-state index contributed by atoms with van der Waals surface area (Å²) in [5, 5.41) is 10.7. The SMILES string of the molecule is CC(C(=O)Nc1ccc(F)c(Cl)c1)n1nc(-n2cccn2)ccc1=O. The zero-order valence-corrected chi connectivity index (χ0v) is 13.8. The second-order valence-electron chi connectivity index (χ2n) is 5.22. The van der Waals surface area contributed by atoms with E-state index in [0.29, 0.717) is 11.5 Å². The molecule has 1 aromatic carbocycles. The summed E-state index contributed by atoms with van der Waals surface area (Å²) in [6.45, 7) is 1.53. The zero-order valence-electron chi connectivity index (χ0n) is 13.1. The Morgan fingerprint density at radius 2 is 2.12 bits per heavy atom. The van der Waals surface area contributed by atoms with Crippen LogP contribution in [0.3, 0.4) is 0 Å². The van der Waals surface area contributed by atoms with Crippen molar-refractivity contribution in [3.05, 3.63) is 70.0 Å². The first-order chi connectivity index (χ1) is 12.0. The normalized spacial score (nSPS) is 12.0. The zero-order chi connectivity index (χ0) is 18.0. The molecule has 0 spiro atoms. The van der Waals surface area contributed by atoms with Gasteiger partial charge in [-0.3, -0.25) is 9.59 Å². The van der Waals surface area contributed by atoms with Gasteiger partial charge >= 0.3 is 0 Å². The van der Waals surface area contributed by atoms with Crippen molar-refractivity contribution in [1.29, 1.82) is 0 Å². The van der Waals surface area contributed by atoms with E-state index in [2.05, 4.69) is 15.5 Å². The summed E-state index contributed by atoms with van der Waals surface area (Å²) in [4.78, 5) is 24.4. The second kappa shape index (κ2) is 6.86. The summed E-state index contributed by atoms with van der Waals surface area (Å²) >= 11 is 5.69. The highest BCUT2D eigenvalue weighted by atomic mass is 35.5. The minimum atomic E-state index is -0.896. The predicted molar refractivity (Wildman–Crippen MR) is 90.4 cm³/mol. The van der Waals surface area contributed by atoms with Gasteiger partial charge in [-0.2, -0.15) is 5.10 Å². The molecule has 25 heavy (non-hydrogen) atoms. The number of hydrogen-bond donors (Lipinski definition) is 1. The predicted octanol–water partition coefficient (Wildman–Crippen LogP) is 2.42. The molecule has 3 aromatic rings. The topological polar surface area (TPSA) is 81.8 Å². The molecule has 1 amide bonds. The van der Waals surface area contributed by atoms with Gasteiger partial charge in [0.1, 0.15) is 11.9 Å². The number of halogens is 2. The van der Waals surface area contributed by atoms with Crippen LogP contribution in [-0.4, -0.2) is 25.5 Å². The van der Waals surface area contributed by atoms with Crippen molar-refractivity contribution in [2.24, 2.45) is 0 Å². The number of nitrogens with one attached hydrogen (secondary N) is 1. The van der Waals surface area contributed by atoms with Crippen molar-refractivity contribution in [3.63, 3.8) is 0 Å². The standard InChI is InChI=1S/C16H13ClFN5O2/c1-10(16(25)20-11-3-4-13(18)12(17)9-11)23-15(24)6-5-14(21-23)22-8-2-7-19-22/h2-10H,1H3,(H,20,25). The maximum atomic E-state index is 13.2. The Balaban J connectivity index is 1.85.